The second-order valence-electron chi connectivity index (χ2n) is 5.93. The third-order valence-corrected chi connectivity index (χ3v) is 6.25. The van der Waals surface area contributed by atoms with Crippen LogP contribution in [0.25, 0.3) is 21.7 Å². The lowest BCUT2D eigenvalue weighted by Gasteiger charge is -2.11. The molecule has 0 fully saturated rings. The maximum Gasteiger partial charge on any atom is 0.196 e. The van der Waals surface area contributed by atoms with Gasteiger partial charge in [0.1, 0.15) is 0 Å². The summed E-state index contributed by atoms with van der Waals surface area (Å²) in [7, 11) is 0. The first kappa shape index (κ1) is 14.3. The van der Waals surface area contributed by atoms with E-state index in [0.29, 0.717) is 29.5 Å². The third kappa shape index (κ3) is 1.79. The van der Waals surface area contributed by atoms with Gasteiger partial charge in [-0.05, 0) is 34.5 Å². The fourth-order valence-electron chi connectivity index (χ4n) is 3.61. The van der Waals surface area contributed by atoms with Crippen LogP contribution in [0.5, 0.6) is 0 Å². The topological polar surface area (TPSA) is 47.0 Å². The normalized spacial score (nSPS) is 14.7. The molecule has 24 heavy (non-hydrogen) atoms. The van der Waals surface area contributed by atoms with Crippen molar-refractivity contribution in [1.29, 1.82) is 0 Å². The van der Waals surface area contributed by atoms with Gasteiger partial charge in [-0.25, -0.2) is 0 Å². The van der Waals surface area contributed by atoms with E-state index in [2.05, 4.69) is 15.9 Å². The lowest BCUT2D eigenvalue weighted by atomic mass is 9.96. The number of halogens is 1. The molecule has 3 aromatic rings. The molecule has 0 N–H and O–H groups in total. The van der Waals surface area contributed by atoms with E-state index in [1.165, 1.54) is 0 Å². The molecule has 5 rings (SSSR count). The summed E-state index contributed by atoms with van der Waals surface area (Å²) in [5, 5.41) is 0. The number of Topliss-reactive ketones (excluding diaryl/α,β-unsaturated/α-hetero) is 1. The Balaban J connectivity index is 1.92. The van der Waals surface area contributed by atoms with Crippen molar-refractivity contribution in [1.82, 2.24) is 4.98 Å². The number of ketones is 2. The second kappa shape index (κ2) is 4.94. The number of fused-ring (bicyclic) bond motifs is 4. The van der Waals surface area contributed by atoms with E-state index >= 15 is 0 Å². The summed E-state index contributed by atoms with van der Waals surface area (Å²) >= 11 is 5.02. The molecule has 0 amide bonds. The Morgan fingerprint density at radius 1 is 0.917 bits per heavy atom. The average Bonchev–Trinajstić information content (AvgIpc) is 3.25. The maximum absolute atomic E-state index is 13.0. The number of rotatable bonds is 1. The van der Waals surface area contributed by atoms with E-state index < -0.39 is 0 Å². The summed E-state index contributed by atoms with van der Waals surface area (Å²) in [6, 6.07) is 11.5. The van der Waals surface area contributed by atoms with Gasteiger partial charge in [0.25, 0.3) is 0 Å². The van der Waals surface area contributed by atoms with E-state index in [4.69, 9.17) is 4.98 Å². The molecule has 3 nitrogen and oxygen atoms in total. The Morgan fingerprint density at radius 2 is 1.71 bits per heavy atom. The van der Waals surface area contributed by atoms with Crippen molar-refractivity contribution < 1.29 is 9.59 Å². The molecular weight excluding hydrogens is 386 g/mol. The molecule has 2 aliphatic rings. The van der Waals surface area contributed by atoms with Gasteiger partial charge in [-0.3, -0.25) is 14.6 Å². The molecule has 0 spiro atoms. The van der Waals surface area contributed by atoms with Crippen LogP contribution in [0.1, 0.15) is 38.4 Å². The number of aromatic nitrogens is 1. The summed E-state index contributed by atoms with van der Waals surface area (Å²) in [4.78, 5) is 31.2. The minimum atomic E-state index is -0.0323. The maximum atomic E-state index is 13.0. The Bertz CT molecular complexity index is 1070. The zero-order valence-corrected chi connectivity index (χ0v) is 14.8. The van der Waals surface area contributed by atoms with Crippen LogP contribution in [-0.4, -0.2) is 16.6 Å². The summed E-state index contributed by atoms with van der Waals surface area (Å²) < 4.78 is 0.977. The van der Waals surface area contributed by atoms with E-state index in [0.717, 1.165) is 31.2 Å². The van der Waals surface area contributed by atoms with Crippen molar-refractivity contribution in [2.24, 2.45) is 0 Å². The van der Waals surface area contributed by atoms with Crippen molar-refractivity contribution in [2.75, 3.05) is 0 Å². The van der Waals surface area contributed by atoms with Crippen molar-refractivity contribution in [3.05, 3.63) is 62.6 Å². The number of carbonyl (C=O) groups excluding carboxylic acids is 2. The van der Waals surface area contributed by atoms with Crippen LogP contribution >= 0.6 is 27.3 Å². The van der Waals surface area contributed by atoms with Crippen molar-refractivity contribution >= 4 is 38.8 Å². The highest BCUT2D eigenvalue weighted by Gasteiger charge is 2.37. The van der Waals surface area contributed by atoms with E-state index in [-0.39, 0.29) is 11.6 Å². The average molecular weight is 396 g/mol. The van der Waals surface area contributed by atoms with E-state index in [1.54, 1.807) is 11.3 Å². The highest BCUT2D eigenvalue weighted by molar-refractivity contribution is 9.11. The van der Waals surface area contributed by atoms with Gasteiger partial charge in [0.05, 0.1) is 20.7 Å². The smallest absolute Gasteiger partial charge is 0.196 e. The predicted molar refractivity (Wildman–Crippen MR) is 96.8 cm³/mol. The minimum absolute atomic E-state index is 0.0323. The van der Waals surface area contributed by atoms with Gasteiger partial charge >= 0.3 is 0 Å². The first-order valence-electron chi connectivity index (χ1n) is 7.65. The largest absolute Gasteiger partial charge is 0.294 e. The second-order valence-corrected chi connectivity index (χ2v) is 8.40. The van der Waals surface area contributed by atoms with Crippen molar-refractivity contribution in [3.8, 4) is 21.7 Å². The Kier molecular flexibility index (Phi) is 2.94. The van der Waals surface area contributed by atoms with Crippen LogP contribution < -0.4 is 0 Å². The number of hydrogen-bond acceptors (Lipinski definition) is 4. The molecule has 116 valence electrons. The molecule has 0 radical (unpaired) electrons. The molecule has 0 atom stereocenters. The van der Waals surface area contributed by atoms with E-state index in [1.807, 2.05) is 36.4 Å². The van der Waals surface area contributed by atoms with Gasteiger partial charge in [0.2, 0.25) is 0 Å². The minimum Gasteiger partial charge on any atom is -0.294 e. The predicted octanol–water partition coefficient (Wildman–Crippen LogP) is 4.91. The van der Waals surface area contributed by atoms with Gasteiger partial charge in [-0.1, -0.05) is 24.3 Å². The molecule has 1 aromatic carbocycles. The highest BCUT2D eigenvalue weighted by atomic mass is 79.9. The molecular formula is C19H10BrNO2S. The number of nitrogens with zero attached hydrogens (tertiary/aromatic N) is 1. The number of aryl methyl sites for hydroxylation is 1. The SMILES string of the molecule is O=C1CCc2nc3c(c(-c4ccc(Br)s4)c21)C(=O)c1ccccc1-3. The van der Waals surface area contributed by atoms with Gasteiger partial charge in [0.15, 0.2) is 11.6 Å². The Hall–Kier alpha value is -2.11. The van der Waals surface area contributed by atoms with Crippen molar-refractivity contribution in [2.45, 2.75) is 12.8 Å². The van der Waals surface area contributed by atoms with E-state index in [9.17, 15) is 9.59 Å². The standard InChI is InChI=1S/C19H10BrNO2S/c20-14-8-7-13(24-14)16-15-11(5-6-12(15)22)21-18-9-3-1-2-4-10(9)19(23)17(16)18/h1-4,7-8H,5-6H2. The van der Waals surface area contributed by atoms with Crippen LogP contribution in [0.2, 0.25) is 0 Å². The van der Waals surface area contributed by atoms with Crippen LogP contribution in [0.4, 0.5) is 0 Å². The zero-order valence-electron chi connectivity index (χ0n) is 12.4. The van der Waals surface area contributed by atoms with Gasteiger partial charge in [-0.2, -0.15) is 0 Å². The molecule has 0 bridgehead atoms. The van der Waals surface area contributed by atoms with Crippen molar-refractivity contribution in [3.63, 3.8) is 0 Å². The molecule has 0 saturated carbocycles. The number of carbonyl (C=O) groups is 2. The quantitative estimate of drug-likeness (QED) is 0.459. The van der Waals surface area contributed by atoms with Gasteiger partial charge < -0.3 is 0 Å². The van der Waals surface area contributed by atoms with Gasteiger partial charge in [0, 0.05) is 33.6 Å². The lowest BCUT2D eigenvalue weighted by Crippen LogP contribution is -2.05. The Labute approximate surface area is 150 Å². The number of benzene rings is 1. The zero-order chi connectivity index (χ0) is 16.4. The lowest BCUT2D eigenvalue weighted by molar-refractivity contribution is 0.0995. The third-order valence-electron chi connectivity index (χ3n) is 4.61. The Morgan fingerprint density at radius 3 is 2.46 bits per heavy atom. The number of thiophene rings is 1. The van der Waals surface area contributed by atoms with Crippen LogP contribution in [0.15, 0.2) is 40.2 Å². The number of pyridine rings is 1. The van der Waals surface area contributed by atoms with Crippen LogP contribution in [-0.2, 0) is 6.42 Å². The molecule has 0 unspecified atom stereocenters. The molecule has 0 aliphatic heterocycles. The molecule has 5 heteroatoms. The first-order chi connectivity index (χ1) is 11.6. The summed E-state index contributed by atoms with van der Waals surface area (Å²) in [5.41, 5.74) is 5.09. The molecule has 0 saturated heterocycles. The monoisotopic (exact) mass is 395 g/mol. The fraction of sp³-hybridized carbons (Fsp3) is 0.105. The van der Waals surface area contributed by atoms with Gasteiger partial charge in [-0.15, -0.1) is 11.3 Å². The molecule has 2 aliphatic carbocycles. The first-order valence-corrected chi connectivity index (χ1v) is 9.26. The molecule has 2 heterocycles. The summed E-state index contributed by atoms with van der Waals surface area (Å²) in [6.45, 7) is 0. The summed E-state index contributed by atoms with van der Waals surface area (Å²) in [6.07, 6.45) is 1.12. The molecule has 2 aromatic heterocycles. The van der Waals surface area contributed by atoms with Crippen LogP contribution in [0.3, 0.4) is 0 Å². The van der Waals surface area contributed by atoms with Crippen LogP contribution in [0, 0.1) is 0 Å². The fourth-order valence-corrected chi connectivity index (χ4v) is 5.05. The number of hydrogen-bond donors (Lipinski definition) is 0. The summed E-state index contributed by atoms with van der Waals surface area (Å²) in [5.74, 6) is 0.0544. The highest BCUT2D eigenvalue weighted by Crippen LogP contribution is 2.46.